The highest BCUT2D eigenvalue weighted by atomic mass is 16.5. The fourth-order valence-electron chi connectivity index (χ4n) is 2.24. The molecule has 0 bridgehead atoms. The molecule has 4 nitrogen and oxygen atoms in total. The Kier molecular flexibility index (Phi) is 5.72. The minimum atomic E-state index is -1.52. The van der Waals surface area contributed by atoms with E-state index in [9.17, 15) is 9.90 Å². The van der Waals surface area contributed by atoms with Crippen molar-refractivity contribution in [1.29, 1.82) is 0 Å². The molecule has 0 amide bonds. The highest BCUT2D eigenvalue weighted by molar-refractivity contribution is 5.78. The summed E-state index contributed by atoms with van der Waals surface area (Å²) in [6, 6.07) is 8.20. The molecule has 0 aliphatic rings. The molecule has 1 aromatic carbocycles. The summed E-state index contributed by atoms with van der Waals surface area (Å²) in [5.74, 6) is -0.290. The average molecular weight is 279 g/mol. The molecule has 1 rings (SSSR count). The minimum Gasteiger partial charge on any atom is -0.467 e. The van der Waals surface area contributed by atoms with Crippen molar-refractivity contribution in [2.45, 2.75) is 39.3 Å². The minimum absolute atomic E-state index is 0.0762. The van der Waals surface area contributed by atoms with Gasteiger partial charge in [-0.2, -0.15) is 0 Å². The van der Waals surface area contributed by atoms with Crippen LogP contribution < -0.4 is 5.32 Å². The predicted molar refractivity (Wildman–Crippen MR) is 79.4 cm³/mol. The first-order valence-corrected chi connectivity index (χ1v) is 6.89. The van der Waals surface area contributed by atoms with Gasteiger partial charge in [0.2, 0.25) is 0 Å². The van der Waals surface area contributed by atoms with Gasteiger partial charge in [-0.05, 0) is 30.9 Å². The Labute approximate surface area is 121 Å². The highest BCUT2D eigenvalue weighted by Crippen LogP contribution is 2.25. The van der Waals surface area contributed by atoms with Gasteiger partial charge in [0.1, 0.15) is 0 Å². The third-order valence-electron chi connectivity index (χ3n) is 3.48. The van der Waals surface area contributed by atoms with E-state index in [1.54, 1.807) is 0 Å². The number of hydrogen-bond donors (Lipinski definition) is 2. The Balaban J connectivity index is 2.85. The summed E-state index contributed by atoms with van der Waals surface area (Å²) >= 11 is 0. The van der Waals surface area contributed by atoms with Crippen molar-refractivity contribution in [3.05, 3.63) is 35.4 Å². The molecule has 0 radical (unpaired) electrons. The lowest BCUT2D eigenvalue weighted by atomic mass is 9.92. The Bertz CT molecular complexity index is 455. The Hall–Kier alpha value is -1.39. The van der Waals surface area contributed by atoms with E-state index in [1.165, 1.54) is 25.2 Å². The number of methoxy groups -OCH3 is 1. The van der Waals surface area contributed by atoms with Crippen molar-refractivity contribution in [2.75, 3.05) is 13.7 Å². The maximum Gasteiger partial charge on any atom is 0.338 e. The van der Waals surface area contributed by atoms with Crippen LogP contribution >= 0.6 is 0 Å². The molecule has 112 valence electrons. The van der Waals surface area contributed by atoms with E-state index in [1.807, 2.05) is 12.1 Å². The van der Waals surface area contributed by atoms with Gasteiger partial charge in [0.05, 0.1) is 7.11 Å². The first-order valence-electron chi connectivity index (χ1n) is 6.89. The van der Waals surface area contributed by atoms with E-state index in [2.05, 4.69) is 43.0 Å². The second-order valence-electron chi connectivity index (χ2n) is 5.72. The van der Waals surface area contributed by atoms with Crippen LogP contribution in [0.3, 0.4) is 0 Å². The van der Waals surface area contributed by atoms with Crippen molar-refractivity contribution in [3.8, 4) is 0 Å². The molecule has 2 N–H and O–H groups in total. The van der Waals surface area contributed by atoms with Crippen LogP contribution in [-0.4, -0.2) is 30.3 Å². The lowest BCUT2D eigenvalue weighted by molar-refractivity contribution is -0.160. The third kappa shape index (κ3) is 4.05. The number of ether oxygens (including phenoxy) is 1. The lowest BCUT2D eigenvalue weighted by Gasteiger charge is -2.28. The van der Waals surface area contributed by atoms with Crippen LogP contribution in [-0.2, 0) is 9.53 Å². The summed E-state index contributed by atoms with van der Waals surface area (Å²) < 4.78 is 4.61. The van der Waals surface area contributed by atoms with Crippen LogP contribution in [0.15, 0.2) is 24.3 Å². The summed E-state index contributed by atoms with van der Waals surface area (Å²) in [6.07, 6.45) is 0. The van der Waals surface area contributed by atoms with E-state index in [0.717, 1.165) is 0 Å². The second-order valence-corrected chi connectivity index (χ2v) is 5.72. The van der Waals surface area contributed by atoms with Crippen LogP contribution in [0.2, 0.25) is 0 Å². The fourth-order valence-corrected chi connectivity index (χ4v) is 2.24. The molecule has 0 saturated carbocycles. The summed E-state index contributed by atoms with van der Waals surface area (Å²) in [5, 5.41) is 13.4. The zero-order valence-electron chi connectivity index (χ0n) is 12.9. The number of aryl methyl sites for hydroxylation is 1. The molecule has 20 heavy (non-hydrogen) atoms. The quantitative estimate of drug-likeness (QED) is 0.784. The maximum absolute atomic E-state index is 11.5. The first-order chi connectivity index (χ1) is 9.29. The first kappa shape index (κ1) is 16.7. The van der Waals surface area contributed by atoms with Gasteiger partial charge < -0.3 is 15.2 Å². The molecule has 4 heteroatoms. The molecule has 2 unspecified atom stereocenters. The van der Waals surface area contributed by atoms with E-state index >= 15 is 0 Å². The number of esters is 1. The standard InChI is InChI=1S/C16H25NO3/c1-11(2)14(13-9-7-6-8-12(13)3)17-10-16(4,19)15(18)20-5/h6-9,11,14,17,19H,10H2,1-5H3. The Morgan fingerprint density at radius 2 is 2.00 bits per heavy atom. The van der Waals surface area contributed by atoms with Gasteiger partial charge >= 0.3 is 5.97 Å². The van der Waals surface area contributed by atoms with Crippen molar-refractivity contribution in [2.24, 2.45) is 5.92 Å². The fraction of sp³-hybridized carbons (Fsp3) is 0.562. The topological polar surface area (TPSA) is 58.6 Å². The number of nitrogens with one attached hydrogen (secondary N) is 1. The Morgan fingerprint density at radius 1 is 1.40 bits per heavy atom. The number of benzene rings is 1. The monoisotopic (exact) mass is 279 g/mol. The van der Waals surface area contributed by atoms with Crippen molar-refractivity contribution in [3.63, 3.8) is 0 Å². The van der Waals surface area contributed by atoms with Crippen LogP contribution in [0.25, 0.3) is 0 Å². The molecule has 0 aliphatic heterocycles. The smallest absolute Gasteiger partial charge is 0.338 e. The van der Waals surface area contributed by atoms with E-state index in [4.69, 9.17) is 0 Å². The zero-order valence-corrected chi connectivity index (χ0v) is 12.9. The Morgan fingerprint density at radius 3 is 2.50 bits per heavy atom. The molecule has 0 saturated heterocycles. The zero-order chi connectivity index (χ0) is 15.3. The van der Waals surface area contributed by atoms with Crippen LogP contribution in [0.5, 0.6) is 0 Å². The lowest BCUT2D eigenvalue weighted by Crippen LogP contribution is -2.47. The van der Waals surface area contributed by atoms with Crippen LogP contribution in [0.1, 0.15) is 37.9 Å². The average Bonchev–Trinajstić information content (AvgIpc) is 2.39. The van der Waals surface area contributed by atoms with Gasteiger partial charge in [-0.25, -0.2) is 4.79 Å². The number of hydrogen-bond acceptors (Lipinski definition) is 4. The summed E-state index contributed by atoms with van der Waals surface area (Å²) in [5.41, 5.74) is 0.851. The highest BCUT2D eigenvalue weighted by Gasteiger charge is 2.32. The molecule has 0 heterocycles. The van der Waals surface area contributed by atoms with Gasteiger partial charge in [-0.15, -0.1) is 0 Å². The molecule has 1 aromatic rings. The summed E-state index contributed by atoms with van der Waals surface area (Å²) in [7, 11) is 1.28. The SMILES string of the molecule is COC(=O)C(C)(O)CNC(c1ccccc1C)C(C)C. The summed E-state index contributed by atoms with van der Waals surface area (Å²) in [4.78, 5) is 11.5. The molecular weight excluding hydrogens is 254 g/mol. The van der Waals surface area contributed by atoms with E-state index < -0.39 is 11.6 Å². The molecule has 2 atom stereocenters. The van der Waals surface area contributed by atoms with Gasteiger partial charge in [-0.1, -0.05) is 38.1 Å². The summed E-state index contributed by atoms with van der Waals surface area (Å²) in [6.45, 7) is 7.89. The number of carbonyl (C=O) groups is 1. The van der Waals surface area contributed by atoms with Crippen molar-refractivity contribution in [1.82, 2.24) is 5.32 Å². The van der Waals surface area contributed by atoms with Gasteiger partial charge in [-0.3, -0.25) is 0 Å². The van der Waals surface area contributed by atoms with E-state index in [-0.39, 0.29) is 12.6 Å². The third-order valence-corrected chi connectivity index (χ3v) is 3.48. The second kappa shape index (κ2) is 6.86. The van der Waals surface area contributed by atoms with Gasteiger partial charge in [0.25, 0.3) is 0 Å². The number of aliphatic hydroxyl groups is 1. The largest absolute Gasteiger partial charge is 0.467 e. The van der Waals surface area contributed by atoms with Crippen molar-refractivity contribution < 1.29 is 14.6 Å². The number of rotatable bonds is 6. The molecule has 0 spiro atoms. The van der Waals surface area contributed by atoms with Gasteiger partial charge in [0, 0.05) is 12.6 Å². The molecule has 0 aliphatic carbocycles. The molecule has 0 aromatic heterocycles. The molecular formula is C16H25NO3. The maximum atomic E-state index is 11.5. The normalized spacial score (nSPS) is 15.8. The van der Waals surface area contributed by atoms with Crippen LogP contribution in [0.4, 0.5) is 0 Å². The van der Waals surface area contributed by atoms with E-state index in [0.29, 0.717) is 5.92 Å². The molecule has 0 fully saturated rings. The predicted octanol–water partition coefficient (Wildman–Crippen LogP) is 2.21. The van der Waals surface area contributed by atoms with Crippen molar-refractivity contribution >= 4 is 5.97 Å². The van der Waals surface area contributed by atoms with Crippen LogP contribution in [0, 0.1) is 12.8 Å². The number of carbonyl (C=O) groups excluding carboxylic acids is 1. The van der Waals surface area contributed by atoms with Gasteiger partial charge in [0.15, 0.2) is 5.60 Å².